The molecule has 2 aromatic rings. The molecule has 52 heavy (non-hydrogen) atoms. The number of nitrogens with one attached hydrogen (secondary N) is 3. The first-order chi connectivity index (χ1) is 25.0. The van der Waals surface area contributed by atoms with Gasteiger partial charge in [-0.25, -0.2) is 14.4 Å². The Morgan fingerprint density at radius 2 is 1.50 bits per heavy atom. The Morgan fingerprint density at radius 3 is 2.08 bits per heavy atom. The molecule has 15 nitrogen and oxygen atoms in total. The number of likely N-dealkylation sites (tertiary alicyclic amines) is 1. The molecule has 0 radical (unpaired) electrons. The minimum Gasteiger partial charge on any atom is -0.480 e. The van der Waals surface area contributed by atoms with Gasteiger partial charge in [0.2, 0.25) is 5.91 Å². The number of carbonyl (C=O) groups excluding carboxylic acids is 4. The Hall–Kier alpha value is -4.46. The van der Waals surface area contributed by atoms with Crippen LogP contribution >= 0.6 is 7.60 Å². The summed E-state index contributed by atoms with van der Waals surface area (Å²) in [6.45, 7) is 3.82. The van der Waals surface area contributed by atoms with Crippen molar-refractivity contribution in [1.82, 2.24) is 20.9 Å². The maximum atomic E-state index is 14.2. The van der Waals surface area contributed by atoms with Gasteiger partial charge in [0, 0.05) is 20.2 Å². The third-order valence-electron chi connectivity index (χ3n) is 8.47. The van der Waals surface area contributed by atoms with Crippen LogP contribution < -0.4 is 16.0 Å². The number of amides is 4. The number of carboxylic acid groups (broad SMARTS) is 1. The molecule has 1 heterocycles. The van der Waals surface area contributed by atoms with Gasteiger partial charge < -0.3 is 40.0 Å². The highest BCUT2D eigenvalue weighted by Gasteiger charge is 2.43. The monoisotopic (exact) mass is 746 g/mol. The first kappa shape index (κ1) is 42.0. The smallest absolute Gasteiger partial charge is 0.408 e. The predicted molar refractivity (Wildman–Crippen MR) is 191 cm³/mol. The van der Waals surface area contributed by atoms with Gasteiger partial charge in [-0.15, -0.1) is 0 Å². The number of nitrogens with zero attached hydrogens (tertiary/aromatic N) is 1. The standard InChI is InChI=1S/C36H51N4O11P/c1-4-5-21-31(52(47,48-3)51-26(2)33(42)40-23-14-20-30(40)34(43)44)39-32(41)29(38-36(46)50-25-28-17-10-7-11-18-28)19-12-13-22-37-35(45)49-24-27-15-8-6-9-16-27/h6-11,15-18,26,29-31H,4-5,12-14,19-25H2,1-3H3,(H,37,45)(H,38,46)(H,39,41)(H,43,44)/t26?,29-,30-,31-,52?/m0/s1. The zero-order valence-corrected chi connectivity index (χ0v) is 30.9. The number of hydrogen-bond acceptors (Lipinski definition) is 10. The highest BCUT2D eigenvalue weighted by atomic mass is 31.2. The topological polar surface area (TPSA) is 199 Å². The number of ether oxygens (including phenoxy) is 2. The van der Waals surface area contributed by atoms with Crippen molar-refractivity contribution in [2.45, 2.75) is 102 Å². The van der Waals surface area contributed by atoms with Crippen molar-refractivity contribution < 1.29 is 52.2 Å². The molecule has 0 aromatic heterocycles. The zero-order chi connectivity index (χ0) is 37.9. The lowest BCUT2D eigenvalue weighted by Gasteiger charge is -2.31. The predicted octanol–water partition coefficient (Wildman–Crippen LogP) is 5.33. The van der Waals surface area contributed by atoms with Gasteiger partial charge in [0.25, 0.3) is 5.91 Å². The van der Waals surface area contributed by atoms with Crippen LogP contribution in [0.15, 0.2) is 60.7 Å². The highest BCUT2D eigenvalue weighted by molar-refractivity contribution is 7.54. The molecule has 0 bridgehead atoms. The fourth-order valence-electron chi connectivity index (χ4n) is 5.62. The SMILES string of the molecule is CCCC[C@@H](NC(=O)[C@H](CCCCNC(=O)OCc1ccccc1)NC(=O)OCc1ccccc1)P(=O)(OC)OC(C)C(=O)N1CCC[C@H]1C(=O)O. The second kappa shape index (κ2) is 21.8. The molecular formula is C36H51N4O11P. The van der Waals surface area contributed by atoms with E-state index in [9.17, 15) is 33.6 Å². The van der Waals surface area contributed by atoms with E-state index in [1.54, 1.807) is 24.3 Å². The van der Waals surface area contributed by atoms with Crippen LogP contribution in [0.25, 0.3) is 0 Å². The lowest BCUT2D eigenvalue weighted by molar-refractivity contribution is -0.151. The van der Waals surface area contributed by atoms with Crippen LogP contribution in [0.5, 0.6) is 0 Å². The van der Waals surface area contributed by atoms with E-state index in [1.807, 2.05) is 43.3 Å². The quantitative estimate of drug-likeness (QED) is 0.0951. The fraction of sp³-hybridized carbons (Fsp3) is 0.528. The zero-order valence-electron chi connectivity index (χ0n) is 30.0. The number of hydrogen-bond donors (Lipinski definition) is 4. The van der Waals surface area contributed by atoms with Gasteiger partial charge in [-0.05, 0) is 56.6 Å². The summed E-state index contributed by atoms with van der Waals surface area (Å²) in [7, 11) is -3.08. The molecule has 1 saturated heterocycles. The summed E-state index contributed by atoms with van der Waals surface area (Å²) in [5.74, 6) is -3.67. The average molecular weight is 747 g/mol. The number of unbranched alkanes of at least 4 members (excludes halogenated alkanes) is 2. The molecule has 0 saturated carbocycles. The van der Waals surface area contributed by atoms with Gasteiger partial charge >= 0.3 is 25.8 Å². The van der Waals surface area contributed by atoms with Gasteiger partial charge in [0.1, 0.15) is 37.2 Å². The summed E-state index contributed by atoms with van der Waals surface area (Å²) in [5.41, 5.74) is 1.59. The molecule has 286 valence electrons. The third kappa shape index (κ3) is 13.6. The number of alkyl carbamates (subject to hydrolysis) is 2. The molecule has 1 aliphatic rings. The number of carboxylic acids is 1. The van der Waals surface area contributed by atoms with Crippen molar-refractivity contribution in [3.8, 4) is 0 Å². The number of aliphatic carboxylic acids is 1. The molecule has 5 atom stereocenters. The highest BCUT2D eigenvalue weighted by Crippen LogP contribution is 2.54. The van der Waals surface area contributed by atoms with Crippen molar-refractivity contribution in [3.63, 3.8) is 0 Å². The Balaban J connectivity index is 1.66. The van der Waals surface area contributed by atoms with E-state index in [-0.39, 0.29) is 39.1 Å². The molecule has 2 unspecified atom stereocenters. The van der Waals surface area contributed by atoms with Gasteiger partial charge in [-0.1, -0.05) is 80.4 Å². The summed E-state index contributed by atoms with van der Waals surface area (Å²) < 4.78 is 35.9. The van der Waals surface area contributed by atoms with Crippen LogP contribution in [-0.4, -0.2) is 84.1 Å². The van der Waals surface area contributed by atoms with Crippen LogP contribution in [0.4, 0.5) is 9.59 Å². The van der Waals surface area contributed by atoms with E-state index in [0.29, 0.717) is 38.5 Å². The van der Waals surface area contributed by atoms with E-state index in [0.717, 1.165) is 18.2 Å². The average Bonchev–Trinajstić information content (AvgIpc) is 3.65. The molecular weight excluding hydrogens is 695 g/mol. The first-order valence-electron chi connectivity index (χ1n) is 17.6. The maximum Gasteiger partial charge on any atom is 0.408 e. The molecule has 0 aliphatic carbocycles. The Morgan fingerprint density at radius 1 is 0.885 bits per heavy atom. The summed E-state index contributed by atoms with van der Waals surface area (Å²) >= 11 is 0. The van der Waals surface area contributed by atoms with E-state index in [2.05, 4.69) is 16.0 Å². The van der Waals surface area contributed by atoms with Crippen LogP contribution in [0.3, 0.4) is 0 Å². The molecule has 1 fully saturated rings. The van der Waals surface area contributed by atoms with Crippen molar-refractivity contribution in [3.05, 3.63) is 71.8 Å². The molecule has 16 heteroatoms. The molecule has 3 rings (SSSR count). The van der Waals surface area contributed by atoms with Gasteiger partial charge in [0.15, 0.2) is 0 Å². The third-order valence-corrected chi connectivity index (χ3v) is 10.7. The minimum absolute atomic E-state index is 0.0342. The van der Waals surface area contributed by atoms with E-state index in [4.69, 9.17) is 18.5 Å². The minimum atomic E-state index is -4.22. The van der Waals surface area contributed by atoms with Crippen molar-refractivity contribution >= 4 is 37.6 Å². The summed E-state index contributed by atoms with van der Waals surface area (Å²) in [5, 5.41) is 17.5. The summed E-state index contributed by atoms with van der Waals surface area (Å²) in [6.07, 6.45) is 0.337. The van der Waals surface area contributed by atoms with E-state index in [1.165, 1.54) is 11.8 Å². The summed E-state index contributed by atoms with van der Waals surface area (Å²) in [6, 6.07) is 16.1. The lowest BCUT2D eigenvalue weighted by Crippen LogP contribution is -2.50. The van der Waals surface area contributed by atoms with Crippen LogP contribution in [-0.2, 0) is 50.7 Å². The Labute approximate surface area is 304 Å². The molecule has 4 N–H and O–H groups in total. The van der Waals surface area contributed by atoms with E-state index >= 15 is 0 Å². The van der Waals surface area contributed by atoms with Crippen molar-refractivity contribution in [2.24, 2.45) is 0 Å². The Kier molecular flexibility index (Phi) is 17.6. The first-order valence-corrected chi connectivity index (χ1v) is 19.2. The van der Waals surface area contributed by atoms with Crippen molar-refractivity contribution in [1.29, 1.82) is 0 Å². The van der Waals surface area contributed by atoms with Gasteiger partial charge in [0.05, 0.1) is 0 Å². The van der Waals surface area contributed by atoms with Gasteiger partial charge in [-0.3, -0.25) is 18.7 Å². The van der Waals surface area contributed by atoms with E-state index < -0.39 is 61.5 Å². The summed E-state index contributed by atoms with van der Waals surface area (Å²) in [4.78, 5) is 64.9. The van der Waals surface area contributed by atoms with Crippen LogP contribution in [0.1, 0.15) is 76.3 Å². The maximum absolute atomic E-state index is 14.2. The van der Waals surface area contributed by atoms with Crippen LogP contribution in [0, 0.1) is 0 Å². The number of benzene rings is 2. The molecule has 0 spiro atoms. The molecule has 1 aliphatic heterocycles. The number of carbonyl (C=O) groups is 5. The molecule has 4 amide bonds. The molecule has 2 aromatic carbocycles. The van der Waals surface area contributed by atoms with Crippen LogP contribution in [0.2, 0.25) is 0 Å². The normalized spacial score (nSPS) is 16.8. The fourth-order valence-corrected chi connectivity index (χ4v) is 7.42. The lowest BCUT2D eigenvalue weighted by atomic mass is 10.1. The number of rotatable bonds is 21. The second-order valence-electron chi connectivity index (χ2n) is 12.4. The Bertz CT molecular complexity index is 1500. The largest absolute Gasteiger partial charge is 0.480 e. The van der Waals surface area contributed by atoms with Gasteiger partial charge in [-0.2, -0.15) is 0 Å². The second-order valence-corrected chi connectivity index (χ2v) is 14.7. The van der Waals surface area contributed by atoms with Crippen molar-refractivity contribution in [2.75, 3.05) is 20.2 Å².